The summed E-state index contributed by atoms with van der Waals surface area (Å²) in [7, 11) is 0. The fourth-order valence-corrected chi connectivity index (χ4v) is 3.17. The van der Waals surface area contributed by atoms with Crippen molar-refractivity contribution < 1.29 is 14.3 Å². The van der Waals surface area contributed by atoms with Crippen molar-refractivity contribution in [2.75, 3.05) is 13.2 Å². The molecular weight excluding hydrogens is 364 g/mol. The predicted molar refractivity (Wildman–Crippen MR) is 118 cm³/mol. The maximum Gasteiger partial charge on any atom is 0.356 e. The molecule has 0 fully saturated rings. The van der Waals surface area contributed by atoms with Gasteiger partial charge in [-0.2, -0.15) is 0 Å². The average Bonchev–Trinajstić information content (AvgIpc) is 2.75. The molecule has 1 amide bonds. The molecule has 1 aromatic heterocycles. The lowest BCUT2D eigenvalue weighted by atomic mass is 10.1. The quantitative estimate of drug-likeness (QED) is 0.252. The van der Waals surface area contributed by atoms with Crippen LogP contribution in [0.15, 0.2) is 18.2 Å². The van der Waals surface area contributed by atoms with E-state index in [0.29, 0.717) is 13.2 Å². The van der Waals surface area contributed by atoms with Crippen LogP contribution < -0.4 is 5.32 Å². The second-order valence-corrected chi connectivity index (χ2v) is 7.69. The third-order valence-electron chi connectivity index (χ3n) is 4.99. The lowest BCUT2D eigenvalue weighted by Crippen LogP contribution is -2.26. The molecule has 1 heterocycles. The minimum absolute atomic E-state index is 0.188. The molecule has 1 aromatic rings. The van der Waals surface area contributed by atoms with E-state index >= 15 is 0 Å². The summed E-state index contributed by atoms with van der Waals surface area (Å²) in [5.74, 6) is -0.702. The number of esters is 1. The van der Waals surface area contributed by atoms with Crippen LogP contribution in [-0.2, 0) is 4.74 Å². The van der Waals surface area contributed by atoms with Crippen LogP contribution in [0.5, 0.6) is 0 Å². The van der Waals surface area contributed by atoms with E-state index in [0.717, 1.165) is 32.1 Å². The average molecular weight is 405 g/mol. The number of nitrogens with zero attached hydrogens (tertiary/aromatic N) is 1. The first kappa shape index (κ1) is 25.1. The summed E-state index contributed by atoms with van der Waals surface area (Å²) in [5, 5.41) is 2.90. The summed E-state index contributed by atoms with van der Waals surface area (Å²) < 4.78 is 5.20. The zero-order valence-electron chi connectivity index (χ0n) is 18.5. The van der Waals surface area contributed by atoms with Gasteiger partial charge in [-0.05, 0) is 25.0 Å². The van der Waals surface area contributed by atoms with Crippen LogP contribution in [0.3, 0.4) is 0 Å². The summed E-state index contributed by atoms with van der Waals surface area (Å²) in [4.78, 5) is 28.4. The fourth-order valence-electron chi connectivity index (χ4n) is 3.17. The summed E-state index contributed by atoms with van der Waals surface area (Å²) in [6.45, 7) is 5.38. The Morgan fingerprint density at radius 1 is 0.793 bits per heavy atom. The lowest BCUT2D eigenvalue weighted by molar-refractivity contribution is 0.0491. The summed E-state index contributed by atoms with van der Waals surface area (Å²) in [5.41, 5.74) is 0.452. The number of pyridine rings is 1. The van der Waals surface area contributed by atoms with Crippen LogP contribution in [0, 0.1) is 0 Å². The van der Waals surface area contributed by atoms with Gasteiger partial charge in [0.25, 0.3) is 5.91 Å². The van der Waals surface area contributed by atoms with Crippen molar-refractivity contribution >= 4 is 11.9 Å². The van der Waals surface area contributed by atoms with Crippen LogP contribution >= 0.6 is 0 Å². The van der Waals surface area contributed by atoms with Gasteiger partial charge < -0.3 is 10.1 Å². The van der Waals surface area contributed by atoms with E-state index < -0.39 is 5.97 Å². The highest BCUT2D eigenvalue weighted by atomic mass is 16.5. The summed E-state index contributed by atoms with van der Waals surface area (Å²) >= 11 is 0. The number of hydrogen-bond acceptors (Lipinski definition) is 4. The van der Waals surface area contributed by atoms with Crippen molar-refractivity contribution in [2.24, 2.45) is 0 Å². The van der Waals surface area contributed by atoms with E-state index in [9.17, 15) is 9.59 Å². The van der Waals surface area contributed by atoms with Crippen LogP contribution in [0.25, 0.3) is 0 Å². The van der Waals surface area contributed by atoms with Gasteiger partial charge in [-0.3, -0.25) is 4.79 Å². The van der Waals surface area contributed by atoms with Crippen molar-refractivity contribution in [1.82, 2.24) is 10.3 Å². The van der Waals surface area contributed by atoms with Crippen molar-refractivity contribution in [2.45, 2.75) is 97.3 Å². The van der Waals surface area contributed by atoms with Crippen LogP contribution in [0.2, 0.25) is 0 Å². The molecule has 164 valence electrons. The Morgan fingerprint density at radius 2 is 1.34 bits per heavy atom. The van der Waals surface area contributed by atoms with Gasteiger partial charge in [0.15, 0.2) is 0 Å². The van der Waals surface area contributed by atoms with E-state index in [1.54, 1.807) is 18.2 Å². The van der Waals surface area contributed by atoms with E-state index in [1.165, 1.54) is 51.4 Å². The maximum atomic E-state index is 12.3. The monoisotopic (exact) mass is 404 g/mol. The van der Waals surface area contributed by atoms with Gasteiger partial charge in [0.05, 0.1) is 6.61 Å². The molecule has 0 aromatic carbocycles. The first-order chi connectivity index (χ1) is 14.2. The number of rotatable bonds is 17. The van der Waals surface area contributed by atoms with Crippen molar-refractivity contribution in [3.05, 3.63) is 29.6 Å². The summed E-state index contributed by atoms with van der Waals surface area (Å²) in [6.07, 6.45) is 15.6. The molecule has 0 aliphatic carbocycles. The Kier molecular flexibility index (Phi) is 14.7. The van der Waals surface area contributed by atoms with Gasteiger partial charge in [0.2, 0.25) is 0 Å². The number of carbonyl (C=O) groups is 2. The minimum atomic E-state index is -0.467. The number of carbonyl (C=O) groups excluding carboxylic acids is 2. The van der Waals surface area contributed by atoms with Gasteiger partial charge >= 0.3 is 5.97 Å². The molecule has 0 saturated heterocycles. The normalized spacial score (nSPS) is 10.7. The number of amides is 1. The van der Waals surface area contributed by atoms with Gasteiger partial charge in [0.1, 0.15) is 11.4 Å². The van der Waals surface area contributed by atoms with Gasteiger partial charge in [0, 0.05) is 6.54 Å². The minimum Gasteiger partial charge on any atom is -0.461 e. The second kappa shape index (κ2) is 17.0. The number of hydrogen-bond donors (Lipinski definition) is 1. The molecule has 5 heteroatoms. The highest BCUT2D eigenvalue weighted by molar-refractivity contribution is 5.94. The lowest BCUT2D eigenvalue weighted by Gasteiger charge is -2.07. The molecule has 1 N–H and O–H groups in total. The molecule has 0 saturated carbocycles. The number of ether oxygens (including phenoxy) is 1. The van der Waals surface area contributed by atoms with Crippen LogP contribution in [0.4, 0.5) is 0 Å². The third-order valence-corrected chi connectivity index (χ3v) is 4.99. The van der Waals surface area contributed by atoms with Gasteiger partial charge in [-0.1, -0.05) is 90.5 Å². The molecule has 0 aliphatic heterocycles. The van der Waals surface area contributed by atoms with E-state index in [2.05, 4.69) is 24.1 Å². The molecule has 5 nitrogen and oxygen atoms in total. The van der Waals surface area contributed by atoms with E-state index in [1.807, 2.05) is 0 Å². The largest absolute Gasteiger partial charge is 0.461 e. The van der Waals surface area contributed by atoms with Crippen molar-refractivity contribution in [3.63, 3.8) is 0 Å². The SMILES string of the molecule is CCCCCCCCCCCCNC(=O)c1cccc(C(=O)OCCCCC)n1. The Labute approximate surface area is 177 Å². The predicted octanol–water partition coefficient (Wildman–Crippen LogP) is 6.08. The first-order valence-electron chi connectivity index (χ1n) is 11.6. The molecule has 0 atom stereocenters. The van der Waals surface area contributed by atoms with Gasteiger partial charge in [-0.25, -0.2) is 9.78 Å². The number of nitrogens with one attached hydrogen (secondary N) is 1. The molecule has 0 spiro atoms. The zero-order valence-corrected chi connectivity index (χ0v) is 18.5. The van der Waals surface area contributed by atoms with Crippen molar-refractivity contribution in [3.8, 4) is 0 Å². The summed E-state index contributed by atoms with van der Waals surface area (Å²) in [6, 6.07) is 4.88. The molecule has 0 radical (unpaired) electrons. The molecule has 0 aliphatic rings. The Morgan fingerprint density at radius 3 is 2.00 bits per heavy atom. The molecule has 0 unspecified atom stereocenters. The number of aromatic nitrogens is 1. The maximum absolute atomic E-state index is 12.3. The van der Waals surface area contributed by atoms with Crippen LogP contribution in [-0.4, -0.2) is 30.0 Å². The molecule has 1 rings (SSSR count). The second-order valence-electron chi connectivity index (χ2n) is 7.69. The zero-order chi connectivity index (χ0) is 21.2. The Bertz CT molecular complexity index is 575. The Balaban J connectivity index is 2.17. The van der Waals surface area contributed by atoms with E-state index in [4.69, 9.17) is 4.74 Å². The Hall–Kier alpha value is -1.91. The van der Waals surface area contributed by atoms with E-state index in [-0.39, 0.29) is 17.3 Å². The topological polar surface area (TPSA) is 68.3 Å². The number of unbranched alkanes of at least 4 members (excludes halogenated alkanes) is 11. The van der Waals surface area contributed by atoms with Crippen molar-refractivity contribution in [1.29, 1.82) is 0 Å². The van der Waals surface area contributed by atoms with Gasteiger partial charge in [-0.15, -0.1) is 0 Å². The third kappa shape index (κ3) is 12.3. The highest BCUT2D eigenvalue weighted by Crippen LogP contribution is 2.10. The molecule has 29 heavy (non-hydrogen) atoms. The standard InChI is InChI=1S/C24H40N2O3/c1-3-5-7-8-9-10-11-12-13-14-19-25-23(27)21-17-16-18-22(26-21)24(28)29-20-15-6-4-2/h16-18H,3-15,19-20H2,1-2H3,(H,25,27). The smallest absolute Gasteiger partial charge is 0.356 e. The molecular formula is C24H40N2O3. The highest BCUT2D eigenvalue weighted by Gasteiger charge is 2.13. The van der Waals surface area contributed by atoms with Crippen LogP contribution in [0.1, 0.15) is 118 Å². The fraction of sp³-hybridized carbons (Fsp3) is 0.708. The molecule has 0 bridgehead atoms. The first-order valence-corrected chi connectivity index (χ1v) is 11.6.